The van der Waals surface area contributed by atoms with Gasteiger partial charge in [-0.05, 0) is 25.9 Å². The van der Waals surface area contributed by atoms with Gasteiger partial charge in [0.1, 0.15) is 6.10 Å². The highest BCUT2D eigenvalue weighted by molar-refractivity contribution is 5.72. The van der Waals surface area contributed by atoms with E-state index in [0.29, 0.717) is 0 Å². The van der Waals surface area contributed by atoms with Gasteiger partial charge in [-0.3, -0.25) is 4.79 Å². The molecule has 0 radical (unpaired) electrons. The van der Waals surface area contributed by atoms with Crippen LogP contribution in [0.5, 0.6) is 0 Å². The van der Waals surface area contributed by atoms with Gasteiger partial charge in [0.15, 0.2) is 0 Å². The van der Waals surface area contributed by atoms with Crippen LogP contribution >= 0.6 is 0 Å². The van der Waals surface area contributed by atoms with E-state index < -0.39 is 0 Å². The summed E-state index contributed by atoms with van der Waals surface area (Å²) < 4.78 is 5.30. The minimum atomic E-state index is 0.00741. The molecule has 0 amide bonds. The van der Waals surface area contributed by atoms with Gasteiger partial charge in [-0.15, -0.1) is 0 Å². The summed E-state index contributed by atoms with van der Waals surface area (Å²) in [5.41, 5.74) is 0. The number of carbonyl (C=O) groups is 1. The Morgan fingerprint density at radius 1 is 1.15 bits per heavy atom. The van der Waals surface area contributed by atoms with Gasteiger partial charge in [0.2, 0.25) is 0 Å². The van der Waals surface area contributed by atoms with Crippen molar-refractivity contribution in [2.45, 2.75) is 18.9 Å². The van der Waals surface area contributed by atoms with Crippen molar-refractivity contribution in [2.24, 2.45) is 5.92 Å². The van der Waals surface area contributed by atoms with Gasteiger partial charge in [-0.1, -0.05) is 0 Å². The number of nitrogens with one attached hydrogen (secondary N) is 2. The van der Waals surface area contributed by atoms with Gasteiger partial charge in [-0.2, -0.15) is 0 Å². The van der Waals surface area contributed by atoms with E-state index in [1.165, 1.54) is 0 Å². The number of rotatable bonds is 2. The molecule has 2 fully saturated rings. The van der Waals surface area contributed by atoms with Crippen molar-refractivity contribution >= 4 is 5.97 Å². The molecule has 2 N–H and O–H groups in total. The quantitative estimate of drug-likeness (QED) is 0.568. The van der Waals surface area contributed by atoms with Crippen molar-refractivity contribution in [3.63, 3.8) is 0 Å². The molecular weight excluding hydrogens is 168 g/mol. The standard InChI is InChI=1S/C9H16N2O2/c12-9(13-8-5-11-6-8)7-1-3-10-4-2-7/h7-8,10-11H,1-6H2. The normalized spacial score (nSPS) is 25.2. The summed E-state index contributed by atoms with van der Waals surface area (Å²) >= 11 is 0. The van der Waals surface area contributed by atoms with Crippen LogP contribution in [0.1, 0.15) is 12.8 Å². The van der Waals surface area contributed by atoms with Gasteiger partial charge >= 0.3 is 5.97 Å². The number of esters is 1. The Hall–Kier alpha value is -0.610. The molecule has 0 aliphatic carbocycles. The first-order chi connectivity index (χ1) is 6.36. The van der Waals surface area contributed by atoms with E-state index in [0.717, 1.165) is 39.0 Å². The molecule has 4 nitrogen and oxygen atoms in total. The summed E-state index contributed by atoms with van der Waals surface area (Å²) in [6.45, 7) is 3.55. The fourth-order valence-electron chi connectivity index (χ4n) is 1.66. The van der Waals surface area contributed by atoms with E-state index in [1.807, 2.05) is 0 Å². The molecule has 2 rings (SSSR count). The van der Waals surface area contributed by atoms with Crippen LogP contribution in [0.4, 0.5) is 0 Å². The highest BCUT2D eigenvalue weighted by Gasteiger charge is 2.27. The second-order valence-electron chi connectivity index (χ2n) is 3.74. The van der Waals surface area contributed by atoms with Crippen LogP contribution in [-0.2, 0) is 9.53 Å². The Bertz CT molecular complexity index is 186. The molecule has 2 aliphatic heterocycles. The maximum absolute atomic E-state index is 11.5. The largest absolute Gasteiger partial charge is 0.459 e. The van der Waals surface area contributed by atoms with Crippen molar-refractivity contribution in [3.8, 4) is 0 Å². The van der Waals surface area contributed by atoms with Crippen LogP contribution in [0, 0.1) is 5.92 Å². The van der Waals surface area contributed by atoms with Crippen molar-refractivity contribution in [3.05, 3.63) is 0 Å². The predicted molar refractivity (Wildman–Crippen MR) is 48.3 cm³/mol. The van der Waals surface area contributed by atoms with Gasteiger partial charge in [-0.25, -0.2) is 0 Å². The summed E-state index contributed by atoms with van der Waals surface area (Å²) in [5, 5.41) is 6.31. The molecule has 0 aromatic carbocycles. The molecule has 0 saturated carbocycles. The fraction of sp³-hybridized carbons (Fsp3) is 0.889. The lowest BCUT2D eigenvalue weighted by atomic mass is 9.98. The summed E-state index contributed by atoms with van der Waals surface area (Å²) in [7, 11) is 0. The molecule has 0 unspecified atom stereocenters. The topological polar surface area (TPSA) is 50.4 Å². The number of ether oxygens (including phenoxy) is 1. The lowest BCUT2D eigenvalue weighted by Gasteiger charge is -2.29. The first-order valence-electron chi connectivity index (χ1n) is 4.98. The molecule has 2 saturated heterocycles. The van der Waals surface area contributed by atoms with Gasteiger partial charge in [0.05, 0.1) is 5.92 Å². The minimum Gasteiger partial charge on any atom is -0.459 e. The summed E-state index contributed by atoms with van der Waals surface area (Å²) in [5.74, 6) is 0.148. The smallest absolute Gasteiger partial charge is 0.309 e. The first kappa shape index (κ1) is 8.97. The Morgan fingerprint density at radius 2 is 1.85 bits per heavy atom. The summed E-state index contributed by atoms with van der Waals surface area (Å²) in [6, 6.07) is 0. The molecule has 2 heterocycles. The Morgan fingerprint density at radius 3 is 2.38 bits per heavy atom. The average Bonchev–Trinajstić information content (AvgIpc) is 2.12. The Balaban J connectivity index is 1.74. The average molecular weight is 184 g/mol. The van der Waals surface area contributed by atoms with Crippen LogP contribution in [0.2, 0.25) is 0 Å². The minimum absolute atomic E-state index is 0.00741. The molecule has 0 bridgehead atoms. The third-order valence-electron chi connectivity index (χ3n) is 2.70. The molecule has 0 spiro atoms. The number of hydrogen-bond acceptors (Lipinski definition) is 4. The van der Waals surface area contributed by atoms with Crippen LogP contribution < -0.4 is 10.6 Å². The molecule has 0 aromatic heterocycles. The first-order valence-corrected chi connectivity index (χ1v) is 4.98. The van der Waals surface area contributed by atoms with Crippen LogP contribution in [0.3, 0.4) is 0 Å². The number of piperidine rings is 1. The molecular formula is C9H16N2O2. The van der Waals surface area contributed by atoms with Crippen LogP contribution in [0.15, 0.2) is 0 Å². The zero-order valence-corrected chi connectivity index (χ0v) is 7.71. The molecule has 2 aliphatic rings. The summed E-state index contributed by atoms with van der Waals surface area (Å²) in [6.07, 6.45) is 2.00. The number of carbonyl (C=O) groups excluding carboxylic acids is 1. The third-order valence-corrected chi connectivity index (χ3v) is 2.70. The number of hydrogen-bond donors (Lipinski definition) is 2. The van der Waals surface area contributed by atoms with E-state index in [4.69, 9.17) is 4.74 Å². The van der Waals surface area contributed by atoms with Crippen LogP contribution in [-0.4, -0.2) is 38.3 Å². The monoisotopic (exact) mass is 184 g/mol. The zero-order chi connectivity index (χ0) is 9.10. The van der Waals surface area contributed by atoms with Crippen molar-refractivity contribution in [1.29, 1.82) is 0 Å². The Labute approximate surface area is 78.0 Å². The van der Waals surface area contributed by atoms with Gasteiger partial charge in [0.25, 0.3) is 0 Å². The van der Waals surface area contributed by atoms with Crippen molar-refractivity contribution in [1.82, 2.24) is 10.6 Å². The molecule has 4 heteroatoms. The highest BCUT2D eigenvalue weighted by Crippen LogP contribution is 2.15. The lowest BCUT2D eigenvalue weighted by Crippen LogP contribution is -2.50. The van der Waals surface area contributed by atoms with E-state index in [9.17, 15) is 4.79 Å². The maximum atomic E-state index is 11.5. The fourth-order valence-corrected chi connectivity index (χ4v) is 1.66. The molecule has 0 atom stereocenters. The molecule has 74 valence electrons. The summed E-state index contributed by atoms with van der Waals surface area (Å²) in [4.78, 5) is 11.5. The molecule has 13 heavy (non-hydrogen) atoms. The predicted octanol–water partition coefficient (Wildman–Crippen LogP) is -0.499. The van der Waals surface area contributed by atoms with Gasteiger partial charge in [0, 0.05) is 13.1 Å². The maximum Gasteiger partial charge on any atom is 0.309 e. The second-order valence-corrected chi connectivity index (χ2v) is 3.74. The van der Waals surface area contributed by atoms with E-state index in [-0.39, 0.29) is 18.0 Å². The van der Waals surface area contributed by atoms with Crippen molar-refractivity contribution in [2.75, 3.05) is 26.2 Å². The second kappa shape index (κ2) is 4.07. The zero-order valence-electron chi connectivity index (χ0n) is 7.71. The van der Waals surface area contributed by atoms with Gasteiger partial charge < -0.3 is 15.4 Å². The Kier molecular flexibility index (Phi) is 2.80. The lowest BCUT2D eigenvalue weighted by molar-refractivity contribution is -0.157. The highest BCUT2D eigenvalue weighted by atomic mass is 16.5. The molecule has 0 aromatic rings. The van der Waals surface area contributed by atoms with E-state index in [2.05, 4.69) is 10.6 Å². The third kappa shape index (κ3) is 2.19. The van der Waals surface area contributed by atoms with Crippen molar-refractivity contribution < 1.29 is 9.53 Å². The van der Waals surface area contributed by atoms with E-state index >= 15 is 0 Å². The van der Waals surface area contributed by atoms with E-state index in [1.54, 1.807) is 0 Å². The van der Waals surface area contributed by atoms with Crippen LogP contribution in [0.25, 0.3) is 0 Å². The SMILES string of the molecule is O=C(OC1CNC1)C1CCNCC1.